The van der Waals surface area contributed by atoms with E-state index in [1.54, 1.807) is 0 Å². The second-order valence-corrected chi connectivity index (χ2v) is 19.5. The topological polar surface area (TPSA) is 513 Å². The Morgan fingerprint density at radius 3 is 1.33 bits per heavy atom. The van der Waals surface area contributed by atoms with E-state index in [9.17, 15) is 96.5 Å². The monoisotopic (exact) mass is 1040 g/mol. The second-order valence-electron chi connectivity index (χ2n) is 11.0. The molecule has 58 heavy (non-hydrogen) atoms. The predicted octanol–water partition coefficient (Wildman–Crippen LogP) is -6.26. The lowest BCUT2D eigenvalue weighted by molar-refractivity contribution is -0.333. The third-order valence-electron chi connectivity index (χ3n) is 6.72. The van der Waals surface area contributed by atoms with Crippen molar-refractivity contribution in [1.82, 2.24) is 0 Å². The number of aliphatic hydroxyl groups is 2. The van der Waals surface area contributed by atoms with Gasteiger partial charge in [0.25, 0.3) is 0 Å². The zero-order valence-corrected chi connectivity index (χ0v) is 34.8. The summed E-state index contributed by atoms with van der Waals surface area (Å²) in [6.45, 7) is -3.68. The van der Waals surface area contributed by atoms with Crippen LogP contribution in [0.4, 0.5) is 0 Å². The van der Waals surface area contributed by atoms with Crippen molar-refractivity contribution >= 4 is 98.1 Å². The number of thiol groups is 2. The van der Waals surface area contributed by atoms with Crippen LogP contribution in [0.15, 0.2) is 0 Å². The van der Waals surface area contributed by atoms with Gasteiger partial charge in [-0.3, -0.25) is 31.9 Å². The van der Waals surface area contributed by atoms with Crippen LogP contribution in [0.3, 0.4) is 0 Å². The molecule has 0 amide bonds. The van der Waals surface area contributed by atoms with Gasteiger partial charge in [0.05, 0.1) is 25.4 Å². The van der Waals surface area contributed by atoms with Gasteiger partial charge in [-0.15, -0.1) is 12.6 Å². The van der Waals surface area contributed by atoms with Crippen LogP contribution >= 0.6 is 25.3 Å². The van der Waals surface area contributed by atoms with E-state index in [0.717, 1.165) is 0 Å². The maximum absolute atomic E-state index is 12.1. The highest BCUT2D eigenvalue weighted by atomic mass is 32.3. The van der Waals surface area contributed by atoms with Crippen molar-refractivity contribution in [2.75, 3.05) is 19.0 Å². The summed E-state index contributed by atoms with van der Waals surface area (Å²) in [5.41, 5.74) is 0. The molecule has 0 radical (unpaired) electrons. The van der Waals surface area contributed by atoms with Gasteiger partial charge in [-0.25, -0.2) is 29.3 Å². The predicted molar refractivity (Wildman–Crippen MR) is 178 cm³/mol. The Balaban J connectivity index is 3.06. The van der Waals surface area contributed by atoms with Crippen molar-refractivity contribution in [2.24, 2.45) is 0 Å². The molecule has 2 saturated heterocycles. The molecule has 2 rings (SSSR count). The first-order valence-corrected chi connectivity index (χ1v) is 24.6. The fraction of sp³-hybridized carbons (Fsp3) is 1.00. The van der Waals surface area contributed by atoms with Crippen LogP contribution in [0.25, 0.3) is 0 Å². The molecule has 0 bridgehead atoms. The fourth-order valence-electron chi connectivity index (χ4n) is 4.89. The van der Waals surface area contributed by atoms with E-state index < -0.39 is 170 Å². The first-order valence-electron chi connectivity index (χ1n) is 13.9. The van der Waals surface area contributed by atoms with E-state index in [-0.39, 0.29) is 0 Å². The molecule has 2 aliphatic rings. The van der Waals surface area contributed by atoms with Gasteiger partial charge >= 0.3 is 72.8 Å². The Morgan fingerprint density at radius 1 is 0.517 bits per heavy atom. The Bertz CT molecular complexity index is 2210. The maximum atomic E-state index is 12.1. The van der Waals surface area contributed by atoms with Gasteiger partial charge in [0.1, 0.15) is 47.7 Å². The van der Waals surface area contributed by atoms with Gasteiger partial charge < -0.3 is 24.4 Å². The molecule has 0 aromatic heterocycles. The van der Waals surface area contributed by atoms with Crippen molar-refractivity contribution in [3.63, 3.8) is 0 Å². The lowest BCUT2D eigenvalue weighted by Gasteiger charge is -2.51. The van der Waals surface area contributed by atoms with Gasteiger partial charge in [-0.05, 0) is 0 Å². The highest BCUT2D eigenvalue weighted by Crippen LogP contribution is 2.44. The SMILES string of the molecule is O=S(=O)(O)OC[C@H]1O[C@H](O[C@H]2[C@H](OS(=O)(=O)O)[C@@H](OS(=O)(=O)O)[C@@](S)(CC(O)C(O)CS)O[C@@H]2COS(=O)(=O)O)[C@H](OS(=O)(=O)O)[C@@H](OS(=O)(=O)O)[C@@H]1OS(=O)(=O)O. The third-order valence-corrected chi connectivity index (χ3v) is 10.8. The van der Waals surface area contributed by atoms with Gasteiger partial charge in [0.2, 0.25) is 0 Å². The van der Waals surface area contributed by atoms with E-state index in [1.165, 1.54) is 0 Å². The van der Waals surface area contributed by atoms with Gasteiger partial charge in [-0.1, -0.05) is 0 Å². The molecule has 346 valence electrons. The number of aliphatic hydroxyl groups excluding tert-OH is 2. The molecule has 2 unspecified atom stereocenters. The van der Waals surface area contributed by atoms with Crippen LogP contribution in [0.2, 0.25) is 0 Å². The average molecular weight is 1040 g/mol. The molecular formula is C16H30O33S9. The largest absolute Gasteiger partial charge is 0.397 e. The van der Waals surface area contributed by atoms with Crippen LogP contribution in [-0.4, -0.2) is 192 Å². The summed E-state index contributed by atoms with van der Waals surface area (Å²) in [4.78, 5) is -3.13. The molecule has 12 atom stereocenters. The van der Waals surface area contributed by atoms with Gasteiger partial charge in [0, 0.05) is 12.2 Å². The molecule has 33 nitrogen and oxygen atoms in total. The summed E-state index contributed by atoms with van der Waals surface area (Å²) >= 11 is 7.65. The smallest absolute Gasteiger partial charge is 0.390 e. The van der Waals surface area contributed by atoms with E-state index in [4.69, 9.17) is 18.8 Å². The van der Waals surface area contributed by atoms with Crippen LogP contribution in [0.5, 0.6) is 0 Å². The standard InChI is InChI=1S/C16H30O33S9/c17-5(6(18)4-50)1-16(51)14(49-58(37,38)39)12(47-56(31,32)33)9(8(44-16)3-41-53(22,23)24)43-15-13(48-57(34,35)36)11(46-55(28,29)30)10(45-54(25,26)27)7(42-15)2-40-52(19,20)21/h5-15,17-18,50-51H,1-4H2,(H,19,20,21)(H,22,23,24)(H,25,26,27)(H,28,29,30)(H,31,32,33)(H,34,35,36)(H,37,38,39)/t5?,6?,7-,8-,9-,10-,11+,12+,13-,14-,15-,16+/m1/s1. The normalized spacial score (nSPS) is 32.1. The Morgan fingerprint density at radius 2 is 0.914 bits per heavy atom. The zero-order valence-electron chi connectivity index (χ0n) is 27.3. The third kappa shape index (κ3) is 18.5. The molecule has 0 aliphatic carbocycles. The molecule has 2 heterocycles. The lowest BCUT2D eigenvalue weighted by atomic mass is 9.90. The number of hydrogen-bond acceptors (Lipinski definition) is 28. The minimum atomic E-state index is -6.16. The van der Waals surface area contributed by atoms with Crippen LogP contribution in [-0.2, 0) is 116 Å². The van der Waals surface area contributed by atoms with Crippen molar-refractivity contribution in [1.29, 1.82) is 0 Å². The Labute approximate surface area is 338 Å². The first-order chi connectivity index (χ1) is 25.7. The van der Waals surface area contributed by atoms with Gasteiger partial charge in [-0.2, -0.15) is 71.6 Å². The lowest BCUT2D eigenvalue weighted by Crippen LogP contribution is -2.69. The summed E-state index contributed by atoms with van der Waals surface area (Å²) < 4.78 is 276. The molecule has 2 fully saturated rings. The quantitative estimate of drug-likeness (QED) is 0.0355. The highest BCUT2D eigenvalue weighted by molar-refractivity contribution is 7.83. The summed E-state index contributed by atoms with van der Waals surface area (Å²) in [5.74, 6) is -0.619. The second kappa shape index (κ2) is 19.5. The van der Waals surface area contributed by atoms with E-state index in [1.807, 2.05) is 0 Å². The van der Waals surface area contributed by atoms with E-state index >= 15 is 0 Å². The minimum Gasteiger partial charge on any atom is -0.390 e. The first kappa shape index (κ1) is 53.7. The van der Waals surface area contributed by atoms with Crippen LogP contribution < -0.4 is 0 Å². The Hall–Kier alpha value is -0.410. The summed E-state index contributed by atoms with van der Waals surface area (Å²) in [6, 6.07) is 0. The Kier molecular flexibility index (Phi) is 18.1. The van der Waals surface area contributed by atoms with Crippen molar-refractivity contribution < 1.29 is 144 Å². The molecule has 0 aromatic carbocycles. The van der Waals surface area contributed by atoms with E-state index in [2.05, 4.69) is 54.5 Å². The van der Waals surface area contributed by atoms with Crippen molar-refractivity contribution in [2.45, 2.75) is 78.7 Å². The number of ether oxygens (including phenoxy) is 3. The number of hydrogen-bond donors (Lipinski definition) is 11. The zero-order chi connectivity index (χ0) is 45.3. The summed E-state index contributed by atoms with van der Waals surface area (Å²) in [6.07, 6.45) is -33.3. The fourth-order valence-corrected chi connectivity index (χ4v) is 8.85. The van der Waals surface area contributed by atoms with Crippen LogP contribution in [0, 0.1) is 0 Å². The summed E-state index contributed by atoms with van der Waals surface area (Å²) in [7, 11) is -41.8. The van der Waals surface area contributed by atoms with Crippen molar-refractivity contribution in [3.8, 4) is 0 Å². The molecule has 9 N–H and O–H groups in total. The average Bonchev–Trinajstić information content (AvgIpc) is 2.97. The minimum absolute atomic E-state index is 0.619. The molecule has 0 aromatic rings. The molecule has 0 saturated carbocycles. The molecule has 42 heteroatoms. The maximum Gasteiger partial charge on any atom is 0.397 e. The molecule has 0 spiro atoms. The van der Waals surface area contributed by atoms with Crippen molar-refractivity contribution in [3.05, 3.63) is 0 Å². The van der Waals surface area contributed by atoms with E-state index in [0.29, 0.717) is 0 Å². The number of rotatable bonds is 22. The molecular weight excluding hydrogens is 1010 g/mol. The van der Waals surface area contributed by atoms with Gasteiger partial charge in [0.15, 0.2) is 12.4 Å². The molecule has 2 aliphatic heterocycles. The van der Waals surface area contributed by atoms with Crippen LogP contribution in [0.1, 0.15) is 6.42 Å². The highest BCUT2D eigenvalue weighted by Gasteiger charge is 2.62. The summed E-state index contributed by atoms with van der Waals surface area (Å²) in [5, 5.41) is 20.6.